The van der Waals surface area contributed by atoms with Gasteiger partial charge in [-0.3, -0.25) is 0 Å². The molecule has 0 spiro atoms. The summed E-state index contributed by atoms with van der Waals surface area (Å²) in [6.45, 7) is 0.204. The number of hydrogen-bond donors (Lipinski definition) is 0. The number of halogens is 2. The maximum atomic E-state index is 13.1. The van der Waals surface area contributed by atoms with Crippen molar-refractivity contribution in [2.75, 3.05) is 6.61 Å². The fourth-order valence-electron chi connectivity index (χ4n) is 1.68. The van der Waals surface area contributed by atoms with E-state index in [4.69, 9.17) is 15.4 Å². The Morgan fingerprint density at radius 1 is 1.45 bits per heavy atom. The molecule has 2 aromatic rings. The number of benzene rings is 1. The molecular weight excluding hydrogens is 307 g/mol. The Morgan fingerprint density at radius 3 is 2.80 bits per heavy atom. The molecule has 0 bridgehead atoms. The SMILES string of the molecule is Cn1ccnc1CCOc1ccc(F)cc1S(=O)(=O)Cl. The van der Waals surface area contributed by atoms with E-state index in [9.17, 15) is 12.8 Å². The first-order chi connectivity index (χ1) is 9.38. The standard InChI is InChI=1S/C12H12ClFN2O3S/c1-16-6-5-15-12(16)4-7-19-10-3-2-9(14)8-11(10)20(13,17)18/h2-3,5-6,8H,4,7H2,1H3. The molecule has 5 nitrogen and oxygen atoms in total. The molecule has 1 aromatic heterocycles. The van der Waals surface area contributed by atoms with E-state index < -0.39 is 14.9 Å². The lowest BCUT2D eigenvalue weighted by atomic mass is 10.3. The molecule has 0 atom stereocenters. The van der Waals surface area contributed by atoms with Crippen molar-refractivity contribution in [1.82, 2.24) is 9.55 Å². The highest BCUT2D eigenvalue weighted by molar-refractivity contribution is 8.13. The largest absolute Gasteiger partial charge is 0.492 e. The van der Waals surface area contributed by atoms with Crippen LogP contribution in [0.15, 0.2) is 35.5 Å². The molecule has 0 saturated heterocycles. The van der Waals surface area contributed by atoms with Gasteiger partial charge in [-0.1, -0.05) is 0 Å². The highest BCUT2D eigenvalue weighted by Crippen LogP contribution is 2.27. The van der Waals surface area contributed by atoms with E-state index >= 15 is 0 Å². The second-order valence-corrected chi connectivity index (χ2v) is 6.62. The second-order valence-electron chi connectivity index (χ2n) is 4.08. The normalized spacial score (nSPS) is 11.6. The Bertz CT molecular complexity index is 715. The Balaban J connectivity index is 2.12. The average molecular weight is 319 g/mol. The number of ether oxygens (including phenoxy) is 1. The van der Waals surface area contributed by atoms with Gasteiger partial charge in [-0.15, -0.1) is 0 Å². The van der Waals surface area contributed by atoms with Gasteiger partial charge in [-0.05, 0) is 18.2 Å². The quantitative estimate of drug-likeness (QED) is 0.792. The van der Waals surface area contributed by atoms with Crippen molar-refractivity contribution in [3.8, 4) is 5.75 Å². The van der Waals surface area contributed by atoms with Crippen molar-refractivity contribution in [1.29, 1.82) is 0 Å². The lowest BCUT2D eigenvalue weighted by molar-refractivity contribution is 0.309. The molecule has 0 radical (unpaired) electrons. The summed E-state index contributed by atoms with van der Waals surface area (Å²) < 4.78 is 43.0. The molecule has 0 saturated carbocycles. The number of imidazole rings is 1. The van der Waals surface area contributed by atoms with Gasteiger partial charge >= 0.3 is 0 Å². The summed E-state index contributed by atoms with van der Waals surface area (Å²) in [5, 5.41) is 0. The summed E-state index contributed by atoms with van der Waals surface area (Å²) in [5.41, 5.74) is 0. The van der Waals surface area contributed by atoms with E-state index in [0.717, 1.165) is 18.0 Å². The van der Waals surface area contributed by atoms with Gasteiger partial charge in [0.05, 0.1) is 6.61 Å². The average Bonchev–Trinajstić information content (AvgIpc) is 2.76. The fraction of sp³-hybridized carbons (Fsp3) is 0.250. The van der Waals surface area contributed by atoms with Gasteiger partial charge < -0.3 is 9.30 Å². The van der Waals surface area contributed by atoms with Gasteiger partial charge in [0, 0.05) is 36.5 Å². The van der Waals surface area contributed by atoms with Crippen LogP contribution in [-0.4, -0.2) is 24.6 Å². The third kappa shape index (κ3) is 3.49. The minimum Gasteiger partial charge on any atom is -0.492 e. The molecule has 0 unspecified atom stereocenters. The molecule has 1 aromatic carbocycles. The Labute approximate surface area is 120 Å². The van der Waals surface area contributed by atoms with E-state index in [1.165, 1.54) is 6.07 Å². The van der Waals surface area contributed by atoms with Crippen LogP contribution in [0.3, 0.4) is 0 Å². The molecule has 0 N–H and O–H groups in total. The van der Waals surface area contributed by atoms with E-state index in [1.54, 1.807) is 12.4 Å². The van der Waals surface area contributed by atoms with Gasteiger partial charge in [0.2, 0.25) is 0 Å². The van der Waals surface area contributed by atoms with Gasteiger partial charge in [0.25, 0.3) is 9.05 Å². The lowest BCUT2D eigenvalue weighted by Gasteiger charge is -2.09. The smallest absolute Gasteiger partial charge is 0.265 e. The van der Waals surface area contributed by atoms with Crippen LogP contribution in [0, 0.1) is 5.82 Å². The Morgan fingerprint density at radius 2 is 2.20 bits per heavy atom. The third-order valence-corrected chi connectivity index (χ3v) is 4.02. The summed E-state index contributed by atoms with van der Waals surface area (Å²) >= 11 is 0. The van der Waals surface area contributed by atoms with Crippen LogP contribution in [-0.2, 0) is 22.5 Å². The molecule has 0 aliphatic heterocycles. The molecule has 8 heteroatoms. The highest BCUT2D eigenvalue weighted by Gasteiger charge is 2.18. The zero-order valence-corrected chi connectivity index (χ0v) is 12.2. The van der Waals surface area contributed by atoms with Crippen molar-refractivity contribution in [3.05, 3.63) is 42.2 Å². The van der Waals surface area contributed by atoms with Crippen molar-refractivity contribution < 1.29 is 17.5 Å². The molecule has 0 aliphatic rings. The monoisotopic (exact) mass is 318 g/mol. The molecule has 0 aliphatic carbocycles. The maximum Gasteiger partial charge on any atom is 0.265 e. The number of nitrogens with zero attached hydrogens (tertiary/aromatic N) is 2. The molecule has 20 heavy (non-hydrogen) atoms. The van der Waals surface area contributed by atoms with Gasteiger partial charge in [0.1, 0.15) is 22.3 Å². The number of hydrogen-bond acceptors (Lipinski definition) is 4. The third-order valence-electron chi connectivity index (χ3n) is 2.67. The van der Waals surface area contributed by atoms with E-state index in [1.807, 2.05) is 11.6 Å². The van der Waals surface area contributed by atoms with Crippen LogP contribution in [0.4, 0.5) is 4.39 Å². The van der Waals surface area contributed by atoms with Crippen LogP contribution in [0.5, 0.6) is 5.75 Å². The van der Waals surface area contributed by atoms with E-state index in [-0.39, 0.29) is 17.3 Å². The summed E-state index contributed by atoms with van der Waals surface area (Å²) in [4.78, 5) is 3.73. The summed E-state index contributed by atoms with van der Waals surface area (Å²) in [7, 11) is 3.03. The zero-order chi connectivity index (χ0) is 14.8. The highest BCUT2D eigenvalue weighted by atomic mass is 35.7. The van der Waals surface area contributed by atoms with Crippen molar-refractivity contribution in [3.63, 3.8) is 0 Å². The number of rotatable bonds is 5. The van der Waals surface area contributed by atoms with Gasteiger partial charge in [0.15, 0.2) is 0 Å². The minimum atomic E-state index is -4.06. The van der Waals surface area contributed by atoms with Crippen LogP contribution in [0.2, 0.25) is 0 Å². The number of aryl methyl sites for hydroxylation is 1. The first-order valence-corrected chi connectivity index (χ1v) is 8.02. The van der Waals surface area contributed by atoms with Crippen LogP contribution < -0.4 is 4.74 Å². The van der Waals surface area contributed by atoms with Crippen LogP contribution >= 0.6 is 10.7 Å². The Hall–Kier alpha value is -1.60. The van der Waals surface area contributed by atoms with Crippen LogP contribution in [0.1, 0.15) is 5.82 Å². The molecule has 0 fully saturated rings. The van der Waals surface area contributed by atoms with Crippen molar-refractivity contribution in [2.45, 2.75) is 11.3 Å². The zero-order valence-electron chi connectivity index (χ0n) is 10.6. The van der Waals surface area contributed by atoms with Gasteiger partial charge in [-0.2, -0.15) is 0 Å². The summed E-state index contributed by atoms with van der Waals surface area (Å²) in [5.74, 6) is 0.124. The van der Waals surface area contributed by atoms with Crippen molar-refractivity contribution in [2.24, 2.45) is 7.05 Å². The Kier molecular flexibility index (Phi) is 4.29. The first-order valence-electron chi connectivity index (χ1n) is 5.71. The van der Waals surface area contributed by atoms with Crippen molar-refractivity contribution >= 4 is 19.7 Å². The molecule has 2 rings (SSSR count). The topological polar surface area (TPSA) is 61.2 Å². The predicted octanol–water partition coefficient (Wildman–Crippen LogP) is 2.11. The minimum absolute atomic E-state index is 0.0237. The molecule has 108 valence electrons. The molecule has 0 amide bonds. The predicted molar refractivity (Wildman–Crippen MR) is 71.8 cm³/mol. The van der Waals surface area contributed by atoms with E-state index in [2.05, 4.69) is 4.98 Å². The summed E-state index contributed by atoms with van der Waals surface area (Å²) in [6.07, 6.45) is 3.94. The number of aromatic nitrogens is 2. The molecule has 1 heterocycles. The lowest BCUT2D eigenvalue weighted by Crippen LogP contribution is -2.08. The molecular formula is C12H12ClFN2O3S. The second kappa shape index (κ2) is 5.80. The van der Waals surface area contributed by atoms with Gasteiger partial charge in [-0.25, -0.2) is 17.8 Å². The summed E-state index contributed by atoms with van der Waals surface area (Å²) in [6, 6.07) is 3.18. The fourth-order valence-corrected chi connectivity index (χ4v) is 2.66. The first kappa shape index (κ1) is 14.8. The van der Waals surface area contributed by atoms with Crippen LogP contribution in [0.25, 0.3) is 0 Å². The van der Waals surface area contributed by atoms with E-state index in [0.29, 0.717) is 6.42 Å². The maximum absolute atomic E-state index is 13.1.